The summed E-state index contributed by atoms with van der Waals surface area (Å²) in [5.41, 5.74) is 0.997. The van der Waals surface area contributed by atoms with E-state index in [-0.39, 0.29) is 47.1 Å². The van der Waals surface area contributed by atoms with Gasteiger partial charge in [0, 0.05) is 28.9 Å². The molecule has 10 heteroatoms. The highest BCUT2D eigenvalue weighted by atomic mass is 16.5. The summed E-state index contributed by atoms with van der Waals surface area (Å²) >= 11 is 0. The Kier molecular flexibility index (Phi) is 23.6. The van der Waals surface area contributed by atoms with Crippen molar-refractivity contribution < 1.29 is 47.7 Å². The van der Waals surface area contributed by atoms with Gasteiger partial charge in [-0.1, -0.05) is 97.1 Å². The number of hydrogen-bond donors (Lipinski definition) is 0. The average molecular weight is 825 g/mol. The molecule has 2 aromatic carbocycles. The Morgan fingerprint density at radius 1 is 0.533 bits per heavy atom. The van der Waals surface area contributed by atoms with E-state index in [0.29, 0.717) is 49.1 Å². The van der Waals surface area contributed by atoms with Gasteiger partial charge in [-0.05, 0) is 105 Å². The standard InChI is InChI=1S/C50H64O10/c1-4-46(53)59-34-20-16-12-8-6-10-14-18-32-57-43-27-22-39(23-28-43)49(55)48(38(3)36-41-37-42(51)26-31-45(41)52)50(56)40-24-29-44(30-25-40)58-33-19-15-11-7-9-13-17-21-35-60-47(54)5-2/h4-5,22-31,37-38,48H,1-2,6-21,32-36H2,3H3. The summed E-state index contributed by atoms with van der Waals surface area (Å²) in [6.07, 6.45) is 22.9. The maximum Gasteiger partial charge on any atom is 0.330 e. The van der Waals surface area contributed by atoms with E-state index < -0.39 is 11.8 Å². The van der Waals surface area contributed by atoms with Gasteiger partial charge in [-0.15, -0.1) is 0 Å². The normalized spacial score (nSPS) is 12.7. The first-order valence-electron chi connectivity index (χ1n) is 21.7. The van der Waals surface area contributed by atoms with E-state index in [1.807, 2.05) is 0 Å². The third-order valence-corrected chi connectivity index (χ3v) is 10.4. The summed E-state index contributed by atoms with van der Waals surface area (Å²) < 4.78 is 21.9. The van der Waals surface area contributed by atoms with Gasteiger partial charge in [0.05, 0.1) is 32.3 Å². The molecule has 0 amide bonds. The molecular formula is C50H64O10. The number of rotatable bonds is 33. The van der Waals surface area contributed by atoms with E-state index in [2.05, 4.69) is 13.2 Å². The zero-order valence-electron chi connectivity index (χ0n) is 35.5. The summed E-state index contributed by atoms with van der Waals surface area (Å²) in [4.78, 5) is 75.0. The van der Waals surface area contributed by atoms with Crippen molar-refractivity contribution in [1.82, 2.24) is 0 Å². The van der Waals surface area contributed by atoms with Crippen LogP contribution in [0.1, 0.15) is 137 Å². The maximum absolute atomic E-state index is 14.1. The molecule has 0 aromatic heterocycles. The predicted octanol–water partition coefficient (Wildman–Crippen LogP) is 10.5. The van der Waals surface area contributed by atoms with Crippen LogP contribution >= 0.6 is 0 Å². The van der Waals surface area contributed by atoms with Crippen molar-refractivity contribution in [2.75, 3.05) is 26.4 Å². The van der Waals surface area contributed by atoms with Crippen molar-refractivity contribution in [1.29, 1.82) is 0 Å². The van der Waals surface area contributed by atoms with Crippen LogP contribution in [-0.2, 0) is 28.7 Å². The number of esters is 2. The minimum Gasteiger partial charge on any atom is -0.494 e. The van der Waals surface area contributed by atoms with E-state index in [0.717, 1.165) is 103 Å². The topological polar surface area (TPSA) is 139 Å². The van der Waals surface area contributed by atoms with Crippen LogP contribution in [0.2, 0.25) is 0 Å². The fourth-order valence-corrected chi connectivity index (χ4v) is 6.98. The molecule has 1 aliphatic rings. The highest BCUT2D eigenvalue weighted by Gasteiger charge is 2.35. The number of allylic oxidation sites excluding steroid dienone is 4. The molecule has 1 atom stereocenters. The van der Waals surface area contributed by atoms with Gasteiger partial charge >= 0.3 is 11.9 Å². The number of carbonyl (C=O) groups is 6. The lowest BCUT2D eigenvalue weighted by molar-refractivity contribution is -0.138. The van der Waals surface area contributed by atoms with Crippen LogP contribution in [0.15, 0.2) is 97.6 Å². The fourth-order valence-electron chi connectivity index (χ4n) is 6.98. The predicted molar refractivity (Wildman–Crippen MR) is 233 cm³/mol. The molecule has 0 aliphatic heterocycles. The van der Waals surface area contributed by atoms with E-state index in [4.69, 9.17) is 18.9 Å². The van der Waals surface area contributed by atoms with E-state index in [1.54, 1.807) is 55.5 Å². The van der Waals surface area contributed by atoms with Gasteiger partial charge in [0.25, 0.3) is 0 Å². The SMILES string of the molecule is C=CC(=O)OCCCCCCCCCCOc1ccc(C(=O)C(C(=O)c2ccc(OCCCCCCCCCCOC(=O)C=C)cc2)C(C)CC2=CC(=O)C=CC2=O)cc1. The summed E-state index contributed by atoms with van der Waals surface area (Å²) in [6.45, 7) is 10.5. The number of carbonyl (C=O) groups excluding carboxylic acids is 6. The summed E-state index contributed by atoms with van der Waals surface area (Å²) in [5, 5.41) is 0. The largest absolute Gasteiger partial charge is 0.494 e. The molecule has 0 N–H and O–H groups in total. The van der Waals surface area contributed by atoms with Gasteiger partial charge in [0.2, 0.25) is 0 Å². The fraction of sp³-hybridized carbons (Fsp3) is 0.480. The van der Waals surface area contributed by atoms with Crippen molar-refractivity contribution >= 4 is 35.1 Å². The molecule has 60 heavy (non-hydrogen) atoms. The van der Waals surface area contributed by atoms with Crippen molar-refractivity contribution in [2.45, 2.75) is 116 Å². The molecule has 2 aromatic rings. The van der Waals surface area contributed by atoms with Crippen LogP contribution < -0.4 is 9.47 Å². The molecule has 0 bridgehead atoms. The second kappa shape index (κ2) is 28.9. The Hall–Kier alpha value is -5.38. The Bertz CT molecular complexity index is 1650. The maximum atomic E-state index is 14.1. The molecule has 0 fully saturated rings. The minimum absolute atomic E-state index is 0.0971. The highest BCUT2D eigenvalue weighted by Crippen LogP contribution is 2.30. The summed E-state index contributed by atoms with van der Waals surface area (Å²) in [5.74, 6) is -2.48. The first-order valence-corrected chi connectivity index (χ1v) is 21.7. The van der Waals surface area contributed by atoms with Gasteiger partial charge in [0.15, 0.2) is 23.1 Å². The van der Waals surface area contributed by atoms with Crippen molar-refractivity contribution in [2.24, 2.45) is 11.8 Å². The number of Topliss-reactive ketones (excluding diaryl/α,β-unsaturated/α-hetero) is 2. The minimum atomic E-state index is -1.09. The van der Waals surface area contributed by atoms with Crippen molar-refractivity contribution in [3.05, 3.63) is 109 Å². The lowest BCUT2D eigenvalue weighted by Gasteiger charge is -2.23. The second-order valence-corrected chi connectivity index (χ2v) is 15.3. The van der Waals surface area contributed by atoms with E-state index in [9.17, 15) is 28.8 Å². The van der Waals surface area contributed by atoms with Crippen molar-refractivity contribution in [3.63, 3.8) is 0 Å². The monoisotopic (exact) mass is 824 g/mol. The van der Waals surface area contributed by atoms with E-state index in [1.165, 1.54) is 30.4 Å². The number of benzene rings is 2. The van der Waals surface area contributed by atoms with Crippen LogP contribution in [0.25, 0.3) is 0 Å². The zero-order chi connectivity index (χ0) is 43.4. The van der Waals surface area contributed by atoms with Gasteiger partial charge in [-0.3, -0.25) is 19.2 Å². The molecular weight excluding hydrogens is 761 g/mol. The molecule has 0 saturated heterocycles. The van der Waals surface area contributed by atoms with Crippen molar-refractivity contribution in [3.8, 4) is 11.5 Å². The first-order chi connectivity index (χ1) is 29.1. The second-order valence-electron chi connectivity index (χ2n) is 15.3. The molecule has 0 spiro atoms. The molecule has 0 radical (unpaired) electrons. The summed E-state index contributed by atoms with van der Waals surface area (Å²) in [6, 6.07) is 13.6. The first kappa shape index (κ1) is 49.0. The number of hydrogen-bond acceptors (Lipinski definition) is 10. The van der Waals surface area contributed by atoms with Gasteiger partial charge in [0.1, 0.15) is 11.5 Å². The Morgan fingerprint density at radius 3 is 1.28 bits per heavy atom. The van der Waals surface area contributed by atoms with Gasteiger partial charge in [-0.25, -0.2) is 9.59 Å². The van der Waals surface area contributed by atoms with Gasteiger partial charge < -0.3 is 18.9 Å². The van der Waals surface area contributed by atoms with Crippen LogP contribution in [0.5, 0.6) is 11.5 Å². The Balaban J connectivity index is 1.47. The van der Waals surface area contributed by atoms with Crippen LogP contribution in [0.4, 0.5) is 0 Å². The number of ketones is 4. The summed E-state index contributed by atoms with van der Waals surface area (Å²) in [7, 11) is 0. The quantitative estimate of drug-likeness (QED) is 0.0171. The third kappa shape index (κ3) is 19.1. The molecule has 0 saturated carbocycles. The zero-order valence-corrected chi connectivity index (χ0v) is 35.5. The number of unbranched alkanes of at least 4 members (excludes halogenated alkanes) is 14. The number of ether oxygens (including phenoxy) is 4. The molecule has 1 unspecified atom stereocenters. The molecule has 1 aliphatic carbocycles. The highest BCUT2D eigenvalue weighted by molar-refractivity contribution is 6.18. The Labute approximate surface area is 356 Å². The molecule has 324 valence electrons. The van der Waals surface area contributed by atoms with Gasteiger partial charge in [-0.2, -0.15) is 0 Å². The smallest absolute Gasteiger partial charge is 0.330 e. The Morgan fingerprint density at radius 2 is 0.900 bits per heavy atom. The van der Waals surface area contributed by atoms with E-state index >= 15 is 0 Å². The molecule has 0 heterocycles. The third-order valence-electron chi connectivity index (χ3n) is 10.4. The van der Waals surface area contributed by atoms with Crippen LogP contribution in [0.3, 0.4) is 0 Å². The van der Waals surface area contributed by atoms with Crippen LogP contribution in [-0.4, -0.2) is 61.5 Å². The molecule has 3 rings (SSSR count). The van der Waals surface area contributed by atoms with Crippen LogP contribution in [0, 0.1) is 11.8 Å². The lowest BCUT2D eigenvalue weighted by Crippen LogP contribution is -2.31. The average Bonchev–Trinajstić information content (AvgIpc) is 3.25. The lowest BCUT2D eigenvalue weighted by atomic mass is 9.77. The molecule has 10 nitrogen and oxygen atoms in total.